The summed E-state index contributed by atoms with van der Waals surface area (Å²) in [7, 11) is 3.85. The largest absolute Gasteiger partial charge is 0.495 e. The molecule has 0 radical (unpaired) electrons. The van der Waals surface area contributed by atoms with E-state index >= 15 is 0 Å². The summed E-state index contributed by atoms with van der Waals surface area (Å²) in [6.45, 7) is 2.05. The molecule has 19 heavy (non-hydrogen) atoms. The number of benzene rings is 1. The SMILES string of the molecule is COc1ccccc1N(C)CCNC1CCCCC1. The van der Waals surface area contributed by atoms with Crippen molar-refractivity contribution in [3.63, 3.8) is 0 Å². The molecule has 0 aliphatic heterocycles. The molecule has 0 aromatic heterocycles. The molecule has 106 valence electrons. The van der Waals surface area contributed by atoms with Crippen molar-refractivity contribution < 1.29 is 4.74 Å². The molecule has 1 N–H and O–H groups in total. The third-order valence-electron chi connectivity index (χ3n) is 3.98. The second-order valence-electron chi connectivity index (χ2n) is 5.38. The molecular weight excluding hydrogens is 236 g/mol. The van der Waals surface area contributed by atoms with Gasteiger partial charge in [-0.15, -0.1) is 0 Å². The van der Waals surface area contributed by atoms with Gasteiger partial charge in [-0.25, -0.2) is 0 Å². The van der Waals surface area contributed by atoms with Gasteiger partial charge >= 0.3 is 0 Å². The number of hydrogen-bond donors (Lipinski definition) is 1. The summed E-state index contributed by atoms with van der Waals surface area (Å²) in [5.74, 6) is 0.947. The van der Waals surface area contributed by atoms with Crippen molar-refractivity contribution in [1.29, 1.82) is 0 Å². The number of ether oxygens (including phenoxy) is 1. The molecule has 1 aliphatic rings. The van der Waals surface area contributed by atoms with Crippen LogP contribution in [0.2, 0.25) is 0 Å². The zero-order valence-corrected chi connectivity index (χ0v) is 12.2. The molecule has 1 saturated carbocycles. The minimum Gasteiger partial charge on any atom is -0.495 e. The van der Waals surface area contributed by atoms with Gasteiger partial charge in [-0.05, 0) is 25.0 Å². The molecule has 0 heterocycles. The lowest BCUT2D eigenvalue weighted by Crippen LogP contribution is -2.37. The lowest BCUT2D eigenvalue weighted by Gasteiger charge is -2.26. The molecule has 1 aromatic carbocycles. The van der Waals surface area contributed by atoms with E-state index in [4.69, 9.17) is 4.74 Å². The Morgan fingerprint density at radius 3 is 2.68 bits per heavy atom. The summed E-state index contributed by atoms with van der Waals surface area (Å²) in [6, 6.07) is 8.93. The van der Waals surface area contributed by atoms with Crippen LogP contribution in [-0.2, 0) is 0 Å². The highest BCUT2D eigenvalue weighted by Gasteiger charge is 2.13. The molecule has 0 bridgehead atoms. The molecule has 1 aliphatic carbocycles. The Hall–Kier alpha value is -1.22. The molecular formula is C16H26N2O. The van der Waals surface area contributed by atoms with E-state index in [1.165, 1.54) is 32.1 Å². The Labute approximate surface area is 116 Å². The van der Waals surface area contributed by atoms with E-state index in [1.807, 2.05) is 12.1 Å². The molecule has 0 atom stereocenters. The first-order valence-corrected chi connectivity index (χ1v) is 7.39. The predicted octanol–water partition coefficient (Wildman–Crippen LogP) is 3.05. The molecule has 0 amide bonds. The Morgan fingerprint density at radius 2 is 1.95 bits per heavy atom. The zero-order valence-electron chi connectivity index (χ0n) is 12.2. The molecule has 0 unspecified atom stereocenters. The van der Waals surface area contributed by atoms with Crippen LogP contribution in [-0.4, -0.2) is 33.3 Å². The van der Waals surface area contributed by atoms with Crippen molar-refractivity contribution in [3.8, 4) is 5.75 Å². The van der Waals surface area contributed by atoms with Crippen molar-refractivity contribution in [2.24, 2.45) is 0 Å². The fraction of sp³-hybridized carbons (Fsp3) is 0.625. The monoisotopic (exact) mass is 262 g/mol. The van der Waals surface area contributed by atoms with Crippen LogP contribution in [0.4, 0.5) is 5.69 Å². The van der Waals surface area contributed by atoms with Crippen molar-refractivity contribution >= 4 is 5.69 Å². The lowest BCUT2D eigenvalue weighted by atomic mass is 9.95. The average Bonchev–Trinajstić information content (AvgIpc) is 2.48. The maximum absolute atomic E-state index is 5.40. The van der Waals surface area contributed by atoms with Gasteiger partial charge in [0.05, 0.1) is 12.8 Å². The van der Waals surface area contributed by atoms with Crippen LogP contribution in [0.3, 0.4) is 0 Å². The fourth-order valence-corrected chi connectivity index (χ4v) is 2.81. The Morgan fingerprint density at radius 1 is 1.21 bits per heavy atom. The smallest absolute Gasteiger partial charge is 0.142 e. The lowest BCUT2D eigenvalue weighted by molar-refractivity contribution is 0.376. The van der Waals surface area contributed by atoms with E-state index < -0.39 is 0 Å². The van der Waals surface area contributed by atoms with Gasteiger partial charge in [0.1, 0.15) is 5.75 Å². The summed E-state index contributed by atoms with van der Waals surface area (Å²) >= 11 is 0. The van der Waals surface area contributed by atoms with Crippen LogP contribution in [0.25, 0.3) is 0 Å². The number of nitrogens with one attached hydrogen (secondary N) is 1. The summed E-state index contributed by atoms with van der Waals surface area (Å²) in [4.78, 5) is 2.26. The minimum absolute atomic E-state index is 0.736. The third-order valence-corrected chi connectivity index (χ3v) is 3.98. The summed E-state index contributed by atoms with van der Waals surface area (Å²) < 4.78 is 5.40. The van der Waals surface area contributed by atoms with E-state index in [9.17, 15) is 0 Å². The molecule has 1 fully saturated rings. The van der Waals surface area contributed by atoms with Crippen LogP contribution < -0.4 is 15.0 Å². The molecule has 3 heteroatoms. The quantitative estimate of drug-likeness (QED) is 0.853. The Kier molecular flexibility index (Phi) is 5.52. The van der Waals surface area contributed by atoms with Gasteiger partial charge in [0.25, 0.3) is 0 Å². The maximum atomic E-state index is 5.40. The van der Waals surface area contributed by atoms with Gasteiger partial charge in [0.2, 0.25) is 0 Å². The van der Waals surface area contributed by atoms with Gasteiger partial charge in [0, 0.05) is 26.2 Å². The number of nitrogens with zero attached hydrogens (tertiary/aromatic N) is 1. The summed E-state index contributed by atoms with van der Waals surface area (Å²) in [5, 5.41) is 3.68. The average molecular weight is 262 g/mol. The van der Waals surface area contributed by atoms with Crippen molar-refractivity contribution in [1.82, 2.24) is 5.32 Å². The topological polar surface area (TPSA) is 24.5 Å². The Balaban J connectivity index is 1.78. The first kappa shape index (κ1) is 14.2. The van der Waals surface area contributed by atoms with Gasteiger partial charge in [-0.3, -0.25) is 0 Å². The fourth-order valence-electron chi connectivity index (χ4n) is 2.81. The highest BCUT2D eigenvalue weighted by atomic mass is 16.5. The number of rotatable bonds is 6. The highest BCUT2D eigenvalue weighted by Crippen LogP contribution is 2.26. The maximum Gasteiger partial charge on any atom is 0.142 e. The standard InChI is InChI=1S/C16H26N2O/c1-18(15-10-6-7-11-16(15)19-2)13-12-17-14-8-4-3-5-9-14/h6-7,10-11,14,17H,3-5,8-9,12-13H2,1-2H3. The third kappa shape index (κ3) is 4.13. The van der Waals surface area contributed by atoms with E-state index in [0.29, 0.717) is 0 Å². The van der Waals surface area contributed by atoms with E-state index in [2.05, 4.69) is 29.4 Å². The number of hydrogen-bond acceptors (Lipinski definition) is 3. The van der Waals surface area contributed by atoms with Gasteiger partial charge < -0.3 is 15.0 Å². The zero-order chi connectivity index (χ0) is 13.5. The van der Waals surface area contributed by atoms with E-state index in [1.54, 1.807) is 7.11 Å². The number of likely N-dealkylation sites (N-methyl/N-ethyl adjacent to an activating group) is 1. The van der Waals surface area contributed by atoms with Gasteiger partial charge in [-0.1, -0.05) is 31.4 Å². The second kappa shape index (κ2) is 7.39. The highest BCUT2D eigenvalue weighted by molar-refractivity contribution is 5.57. The van der Waals surface area contributed by atoms with E-state index in [-0.39, 0.29) is 0 Å². The molecule has 2 rings (SSSR count). The normalized spacial score (nSPS) is 16.3. The molecule has 0 saturated heterocycles. The van der Waals surface area contributed by atoms with Crippen molar-refractivity contribution in [2.75, 3.05) is 32.1 Å². The predicted molar refractivity (Wildman–Crippen MR) is 81.1 cm³/mol. The van der Waals surface area contributed by atoms with Crippen LogP contribution in [0.5, 0.6) is 5.75 Å². The number of anilines is 1. The summed E-state index contributed by atoms with van der Waals surface area (Å²) in [6.07, 6.45) is 6.88. The van der Waals surface area contributed by atoms with Crippen molar-refractivity contribution in [2.45, 2.75) is 38.1 Å². The first-order chi connectivity index (χ1) is 9.31. The first-order valence-electron chi connectivity index (χ1n) is 7.39. The van der Waals surface area contributed by atoms with Crippen LogP contribution >= 0.6 is 0 Å². The minimum atomic E-state index is 0.736. The van der Waals surface area contributed by atoms with Crippen LogP contribution in [0, 0.1) is 0 Å². The van der Waals surface area contributed by atoms with Gasteiger partial charge in [0.15, 0.2) is 0 Å². The number of para-hydroxylation sites is 2. The Bertz CT molecular complexity index is 375. The molecule has 3 nitrogen and oxygen atoms in total. The summed E-state index contributed by atoms with van der Waals surface area (Å²) in [5.41, 5.74) is 1.16. The van der Waals surface area contributed by atoms with E-state index in [0.717, 1.165) is 30.6 Å². The van der Waals surface area contributed by atoms with Crippen molar-refractivity contribution in [3.05, 3.63) is 24.3 Å². The second-order valence-corrected chi connectivity index (χ2v) is 5.38. The molecule has 0 spiro atoms. The van der Waals surface area contributed by atoms with Crippen LogP contribution in [0.15, 0.2) is 24.3 Å². The number of methoxy groups -OCH3 is 1. The van der Waals surface area contributed by atoms with Gasteiger partial charge in [-0.2, -0.15) is 0 Å². The van der Waals surface area contributed by atoms with Crippen LogP contribution in [0.1, 0.15) is 32.1 Å². The molecule has 1 aromatic rings.